The van der Waals surface area contributed by atoms with E-state index in [9.17, 15) is 13.2 Å². The number of carbonyl (C=O) groups excluding carboxylic acids is 1. The third kappa shape index (κ3) is 5.31. The van der Waals surface area contributed by atoms with E-state index in [0.29, 0.717) is 37.4 Å². The summed E-state index contributed by atoms with van der Waals surface area (Å²) in [7, 11) is -3.58. The predicted molar refractivity (Wildman–Crippen MR) is 106 cm³/mol. The Morgan fingerprint density at radius 3 is 2.26 bits per heavy atom. The Kier molecular flexibility index (Phi) is 6.19. The van der Waals surface area contributed by atoms with Crippen LogP contribution in [0.1, 0.15) is 24.0 Å². The summed E-state index contributed by atoms with van der Waals surface area (Å²) in [5, 5.41) is 0.495. The second-order valence-electron chi connectivity index (χ2n) is 6.89. The maximum Gasteiger partial charge on any atom is 0.240 e. The minimum atomic E-state index is -3.58. The lowest BCUT2D eigenvalue weighted by molar-refractivity contribution is -0.131. The number of nitrogens with one attached hydrogen (secondary N) is 1. The number of hydrogen-bond donors (Lipinski definition) is 1. The minimum absolute atomic E-state index is 0.0814. The highest BCUT2D eigenvalue weighted by atomic mass is 35.5. The molecule has 3 rings (SSSR count). The Labute approximate surface area is 165 Å². The molecule has 1 heterocycles. The van der Waals surface area contributed by atoms with Gasteiger partial charge in [-0.2, -0.15) is 0 Å². The molecule has 1 aliphatic rings. The molecule has 1 aliphatic heterocycles. The van der Waals surface area contributed by atoms with Crippen LogP contribution in [0.25, 0.3) is 0 Å². The van der Waals surface area contributed by atoms with Crippen LogP contribution in [0.3, 0.4) is 0 Å². The van der Waals surface area contributed by atoms with E-state index >= 15 is 0 Å². The molecule has 5 nitrogen and oxygen atoms in total. The van der Waals surface area contributed by atoms with Gasteiger partial charge in [0, 0.05) is 24.2 Å². The van der Waals surface area contributed by atoms with Crippen molar-refractivity contribution >= 4 is 27.5 Å². The topological polar surface area (TPSA) is 66.5 Å². The molecule has 0 radical (unpaired) electrons. The molecule has 2 aromatic rings. The Morgan fingerprint density at radius 1 is 1.07 bits per heavy atom. The van der Waals surface area contributed by atoms with Crippen LogP contribution in [0.5, 0.6) is 0 Å². The Morgan fingerprint density at radius 2 is 1.67 bits per heavy atom. The maximum atomic E-state index is 12.5. The zero-order valence-electron chi connectivity index (χ0n) is 15.2. The second kappa shape index (κ2) is 8.42. The largest absolute Gasteiger partial charge is 0.342 e. The summed E-state index contributed by atoms with van der Waals surface area (Å²) < 4.78 is 27.7. The number of sulfonamides is 1. The molecule has 1 fully saturated rings. The zero-order chi connectivity index (χ0) is 19.4. The fourth-order valence-corrected chi connectivity index (χ4v) is 4.57. The number of aryl methyl sites for hydroxylation is 1. The number of likely N-dealkylation sites (tertiary alicyclic amines) is 1. The molecule has 2 aromatic carbocycles. The van der Waals surface area contributed by atoms with Crippen molar-refractivity contribution in [3.8, 4) is 0 Å². The van der Waals surface area contributed by atoms with E-state index in [4.69, 9.17) is 11.6 Å². The lowest BCUT2D eigenvalue weighted by Crippen LogP contribution is -2.46. The molecule has 0 atom stereocenters. The SMILES string of the molecule is Cc1ccc(CC(=O)N2CCC(NS(=O)(=O)c3ccc(Cl)cc3)CC2)cc1. The van der Waals surface area contributed by atoms with Gasteiger partial charge in [0.15, 0.2) is 0 Å². The van der Waals surface area contributed by atoms with Gasteiger partial charge in [-0.25, -0.2) is 13.1 Å². The molecular formula is C20H23ClN2O3S. The number of carbonyl (C=O) groups is 1. The third-order valence-corrected chi connectivity index (χ3v) is 6.56. The van der Waals surface area contributed by atoms with Crippen LogP contribution in [0.15, 0.2) is 53.4 Å². The van der Waals surface area contributed by atoms with Crippen LogP contribution in [0, 0.1) is 6.92 Å². The van der Waals surface area contributed by atoms with Gasteiger partial charge in [0.05, 0.1) is 11.3 Å². The van der Waals surface area contributed by atoms with E-state index in [1.165, 1.54) is 17.7 Å². The molecule has 7 heteroatoms. The molecule has 0 unspecified atom stereocenters. The summed E-state index contributed by atoms with van der Waals surface area (Å²) >= 11 is 5.81. The summed E-state index contributed by atoms with van der Waals surface area (Å²) in [4.78, 5) is 14.5. The highest BCUT2D eigenvalue weighted by Crippen LogP contribution is 2.18. The molecule has 0 saturated carbocycles. The Balaban J connectivity index is 1.53. The van der Waals surface area contributed by atoms with Gasteiger partial charge in [-0.15, -0.1) is 0 Å². The average Bonchev–Trinajstić information content (AvgIpc) is 2.64. The average molecular weight is 407 g/mol. The van der Waals surface area contributed by atoms with E-state index in [-0.39, 0.29) is 16.8 Å². The van der Waals surface area contributed by atoms with Crippen molar-refractivity contribution in [1.82, 2.24) is 9.62 Å². The highest BCUT2D eigenvalue weighted by Gasteiger charge is 2.26. The van der Waals surface area contributed by atoms with Gasteiger partial charge in [-0.1, -0.05) is 41.4 Å². The number of halogens is 1. The Hall–Kier alpha value is -1.89. The van der Waals surface area contributed by atoms with Crippen LogP contribution in [0.4, 0.5) is 0 Å². The summed E-state index contributed by atoms with van der Waals surface area (Å²) in [5.74, 6) is 0.0814. The van der Waals surface area contributed by atoms with Crippen molar-refractivity contribution in [2.75, 3.05) is 13.1 Å². The molecule has 0 aliphatic carbocycles. The van der Waals surface area contributed by atoms with Gasteiger partial charge in [-0.3, -0.25) is 4.79 Å². The molecule has 0 aromatic heterocycles. The van der Waals surface area contributed by atoms with Crippen LogP contribution in [0.2, 0.25) is 5.02 Å². The number of rotatable bonds is 5. The van der Waals surface area contributed by atoms with Crippen molar-refractivity contribution in [2.45, 2.75) is 37.1 Å². The molecule has 1 N–H and O–H groups in total. The second-order valence-corrected chi connectivity index (χ2v) is 9.04. The number of piperidine rings is 1. The predicted octanol–water partition coefficient (Wildman–Crippen LogP) is 3.16. The van der Waals surface area contributed by atoms with E-state index in [1.54, 1.807) is 12.1 Å². The first-order valence-corrected chi connectivity index (χ1v) is 10.8. The van der Waals surface area contributed by atoms with Crippen LogP contribution < -0.4 is 4.72 Å². The van der Waals surface area contributed by atoms with Gasteiger partial charge in [-0.05, 0) is 49.6 Å². The van der Waals surface area contributed by atoms with E-state index < -0.39 is 10.0 Å². The summed E-state index contributed by atoms with van der Waals surface area (Å²) in [6.07, 6.45) is 1.58. The highest BCUT2D eigenvalue weighted by molar-refractivity contribution is 7.89. The lowest BCUT2D eigenvalue weighted by atomic mass is 10.0. The molecule has 1 amide bonds. The van der Waals surface area contributed by atoms with Gasteiger partial charge in [0.1, 0.15) is 0 Å². The van der Waals surface area contributed by atoms with Crippen LogP contribution >= 0.6 is 11.6 Å². The van der Waals surface area contributed by atoms with Gasteiger partial charge >= 0.3 is 0 Å². The fraction of sp³-hybridized carbons (Fsp3) is 0.350. The minimum Gasteiger partial charge on any atom is -0.342 e. The van der Waals surface area contributed by atoms with E-state index in [2.05, 4.69) is 4.72 Å². The van der Waals surface area contributed by atoms with Crippen molar-refractivity contribution in [2.24, 2.45) is 0 Å². The van der Waals surface area contributed by atoms with Crippen molar-refractivity contribution in [1.29, 1.82) is 0 Å². The molecule has 0 bridgehead atoms. The molecule has 144 valence electrons. The van der Waals surface area contributed by atoms with Gasteiger partial charge in [0.25, 0.3) is 0 Å². The monoisotopic (exact) mass is 406 g/mol. The molecule has 1 saturated heterocycles. The van der Waals surface area contributed by atoms with Crippen LogP contribution in [-0.4, -0.2) is 38.4 Å². The maximum absolute atomic E-state index is 12.5. The van der Waals surface area contributed by atoms with Crippen molar-refractivity contribution in [3.05, 3.63) is 64.7 Å². The summed E-state index contributed by atoms with van der Waals surface area (Å²) in [6.45, 7) is 3.12. The molecule has 27 heavy (non-hydrogen) atoms. The van der Waals surface area contributed by atoms with Gasteiger partial charge < -0.3 is 4.90 Å². The number of hydrogen-bond acceptors (Lipinski definition) is 3. The normalized spacial score (nSPS) is 15.7. The zero-order valence-corrected chi connectivity index (χ0v) is 16.8. The fourth-order valence-electron chi connectivity index (χ4n) is 3.14. The van der Waals surface area contributed by atoms with Gasteiger partial charge in [0.2, 0.25) is 15.9 Å². The molecule has 0 spiro atoms. The van der Waals surface area contributed by atoms with E-state index in [0.717, 1.165) is 5.56 Å². The van der Waals surface area contributed by atoms with Crippen LogP contribution in [-0.2, 0) is 21.2 Å². The number of nitrogens with zero attached hydrogens (tertiary/aromatic N) is 1. The van der Waals surface area contributed by atoms with Crippen molar-refractivity contribution < 1.29 is 13.2 Å². The van der Waals surface area contributed by atoms with Crippen molar-refractivity contribution in [3.63, 3.8) is 0 Å². The first-order valence-electron chi connectivity index (χ1n) is 8.95. The first-order chi connectivity index (χ1) is 12.8. The van der Waals surface area contributed by atoms with E-state index in [1.807, 2.05) is 36.1 Å². The third-order valence-electron chi connectivity index (χ3n) is 4.77. The first kappa shape index (κ1) is 19.9. The number of amides is 1. The summed E-state index contributed by atoms with van der Waals surface area (Å²) in [6, 6.07) is 13.9. The quantitative estimate of drug-likeness (QED) is 0.829. The lowest BCUT2D eigenvalue weighted by Gasteiger charge is -2.32. The smallest absolute Gasteiger partial charge is 0.240 e. The Bertz CT molecular complexity index is 888. The standard InChI is InChI=1S/C20H23ClN2O3S/c1-15-2-4-16(5-3-15)14-20(24)23-12-10-18(11-13-23)22-27(25,26)19-8-6-17(21)7-9-19/h2-9,18,22H,10-14H2,1H3. The summed E-state index contributed by atoms with van der Waals surface area (Å²) in [5.41, 5.74) is 2.16. The number of benzene rings is 2. The molecular weight excluding hydrogens is 384 g/mol.